The molecule has 5 rings (SSSR count). The van der Waals surface area contributed by atoms with Crippen LogP contribution in [0.25, 0.3) is 28.7 Å². The Kier molecular flexibility index (Phi) is 4.08. The van der Waals surface area contributed by atoms with E-state index in [0.717, 1.165) is 18.4 Å². The maximum absolute atomic E-state index is 12.9. The standard InChI is InChI=1S/C17H15F3N8O/c18-17(19,20)15-25-14(26-27-15)12-13(11-5-21-8-23-11)28-6-9(4-22-16(28)24-12)7-29-10-2-1-3-10/h4-6,8,10H,1-3,7H2,(H,21,23)(H,25,26,27). The summed E-state index contributed by atoms with van der Waals surface area (Å²) in [6.45, 7) is 0.391. The molecule has 0 bridgehead atoms. The topological polar surface area (TPSA) is 110 Å². The molecular formula is C17H15F3N8O. The minimum atomic E-state index is -4.64. The van der Waals surface area contributed by atoms with Crippen molar-refractivity contribution in [3.63, 3.8) is 0 Å². The van der Waals surface area contributed by atoms with E-state index >= 15 is 0 Å². The molecule has 0 aliphatic heterocycles. The molecule has 1 fully saturated rings. The van der Waals surface area contributed by atoms with Crippen LogP contribution in [0.4, 0.5) is 13.2 Å². The Morgan fingerprint density at radius 2 is 2.07 bits per heavy atom. The van der Waals surface area contributed by atoms with Crippen LogP contribution in [-0.2, 0) is 17.5 Å². The summed E-state index contributed by atoms with van der Waals surface area (Å²) in [5.41, 5.74) is 1.98. The SMILES string of the molecule is FC(F)(F)c1nc(-c2nc3ncc(COC4CCC4)cn3c2-c2cnc[nH]2)n[nH]1. The van der Waals surface area contributed by atoms with E-state index in [4.69, 9.17) is 4.74 Å². The van der Waals surface area contributed by atoms with Gasteiger partial charge in [-0.15, -0.1) is 0 Å². The van der Waals surface area contributed by atoms with Gasteiger partial charge in [-0.1, -0.05) is 0 Å². The lowest BCUT2D eigenvalue weighted by Gasteiger charge is -2.25. The number of ether oxygens (including phenoxy) is 1. The van der Waals surface area contributed by atoms with E-state index < -0.39 is 12.0 Å². The third-order valence-electron chi connectivity index (χ3n) is 4.79. The minimum Gasteiger partial charge on any atom is -0.373 e. The molecule has 0 radical (unpaired) electrons. The number of alkyl halides is 3. The Labute approximate surface area is 161 Å². The molecule has 150 valence electrons. The highest BCUT2D eigenvalue weighted by molar-refractivity contribution is 5.76. The zero-order chi connectivity index (χ0) is 20.0. The molecule has 2 N–H and O–H groups in total. The second-order valence-corrected chi connectivity index (χ2v) is 6.78. The summed E-state index contributed by atoms with van der Waals surface area (Å²) in [4.78, 5) is 19.2. The van der Waals surface area contributed by atoms with Gasteiger partial charge in [0.25, 0.3) is 0 Å². The van der Waals surface area contributed by atoms with Crippen molar-refractivity contribution >= 4 is 5.78 Å². The Bertz CT molecular complexity index is 1140. The number of nitrogens with one attached hydrogen (secondary N) is 2. The molecule has 1 saturated carbocycles. The van der Waals surface area contributed by atoms with Crippen molar-refractivity contribution in [2.75, 3.05) is 0 Å². The molecule has 0 unspecified atom stereocenters. The van der Waals surface area contributed by atoms with Gasteiger partial charge >= 0.3 is 6.18 Å². The summed E-state index contributed by atoms with van der Waals surface area (Å²) in [6, 6.07) is 0. The molecule has 1 aliphatic carbocycles. The van der Waals surface area contributed by atoms with Crippen LogP contribution in [0.2, 0.25) is 0 Å². The van der Waals surface area contributed by atoms with E-state index in [-0.39, 0.29) is 17.6 Å². The summed E-state index contributed by atoms with van der Waals surface area (Å²) in [7, 11) is 0. The van der Waals surface area contributed by atoms with Gasteiger partial charge in [-0.25, -0.2) is 19.9 Å². The van der Waals surface area contributed by atoms with Crippen molar-refractivity contribution in [3.05, 3.63) is 36.3 Å². The van der Waals surface area contributed by atoms with Gasteiger partial charge in [0.05, 0.1) is 30.9 Å². The Hall–Kier alpha value is -3.28. The van der Waals surface area contributed by atoms with Gasteiger partial charge in [0.1, 0.15) is 11.4 Å². The fraction of sp³-hybridized carbons (Fsp3) is 0.353. The van der Waals surface area contributed by atoms with E-state index in [2.05, 4.69) is 30.0 Å². The summed E-state index contributed by atoms with van der Waals surface area (Å²) >= 11 is 0. The number of imidazole rings is 2. The lowest BCUT2D eigenvalue weighted by Crippen LogP contribution is -2.21. The fourth-order valence-electron chi connectivity index (χ4n) is 3.09. The van der Waals surface area contributed by atoms with Gasteiger partial charge in [-0.2, -0.15) is 18.3 Å². The summed E-state index contributed by atoms with van der Waals surface area (Å²) < 4.78 is 46.3. The lowest BCUT2D eigenvalue weighted by molar-refractivity contribution is -0.144. The lowest BCUT2D eigenvalue weighted by atomic mass is 9.96. The molecule has 0 amide bonds. The smallest absolute Gasteiger partial charge is 0.373 e. The predicted molar refractivity (Wildman–Crippen MR) is 93.4 cm³/mol. The average molecular weight is 404 g/mol. The molecule has 9 nitrogen and oxygen atoms in total. The van der Waals surface area contributed by atoms with Gasteiger partial charge in [0, 0.05) is 18.0 Å². The monoisotopic (exact) mass is 404 g/mol. The molecule has 0 atom stereocenters. The van der Waals surface area contributed by atoms with Gasteiger partial charge in [0.15, 0.2) is 0 Å². The van der Waals surface area contributed by atoms with Crippen LogP contribution in [0.3, 0.4) is 0 Å². The third kappa shape index (κ3) is 3.24. The molecule has 1 aliphatic rings. The molecule has 4 heterocycles. The first-order valence-electron chi connectivity index (χ1n) is 8.96. The largest absolute Gasteiger partial charge is 0.451 e. The van der Waals surface area contributed by atoms with Crippen LogP contribution < -0.4 is 0 Å². The van der Waals surface area contributed by atoms with Gasteiger partial charge < -0.3 is 9.72 Å². The summed E-state index contributed by atoms with van der Waals surface area (Å²) in [5, 5.41) is 5.62. The highest BCUT2D eigenvalue weighted by Crippen LogP contribution is 2.32. The molecule has 0 saturated heterocycles. The Morgan fingerprint density at radius 3 is 2.72 bits per heavy atom. The normalized spacial score (nSPS) is 15.1. The molecule has 12 heteroatoms. The summed E-state index contributed by atoms with van der Waals surface area (Å²) in [6.07, 6.45) is 5.36. The average Bonchev–Trinajstić information content (AvgIpc) is 3.37. The van der Waals surface area contributed by atoms with E-state index in [1.54, 1.807) is 23.0 Å². The van der Waals surface area contributed by atoms with Crippen molar-refractivity contribution in [1.29, 1.82) is 0 Å². The second-order valence-electron chi connectivity index (χ2n) is 6.78. The van der Waals surface area contributed by atoms with Crippen LogP contribution in [0.5, 0.6) is 0 Å². The van der Waals surface area contributed by atoms with Crippen LogP contribution in [0, 0.1) is 0 Å². The highest BCUT2D eigenvalue weighted by Gasteiger charge is 2.36. The Morgan fingerprint density at radius 1 is 1.21 bits per heavy atom. The van der Waals surface area contributed by atoms with Crippen molar-refractivity contribution < 1.29 is 17.9 Å². The number of aromatic nitrogens is 8. The number of H-pyrrole nitrogens is 2. The van der Waals surface area contributed by atoms with Crippen LogP contribution >= 0.6 is 0 Å². The molecule has 4 aromatic rings. The first-order chi connectivity index (χ1) is 14.0. The molecule has 0 aromatic carbocycles. The quantitative estimate of drug-likeness (QED) is 0.529. The molecule has 0 spiro atoms. The van der Waals surface area contributed by atoms with Crippen LogP contribution in [-0.4, -0.2) is 45.6 Å². The first kappa shape index (κ1) is 17.8. The van der Waals surface area contributed by atoms with E-state index in [1.807, 2.05) is 5.10 Å². The second kappa shape index (κ2) is 6.65. The van der Waals surface area contributed by atoms with E-state index in [9.17, 15) is 13.2 Å². The fourth-order valence-corrected chi connectivity index (χ4v) is 3.09. The van der Waals surface area contributed by atoms with Crippen molar-refractivity contribution in [2.24, 2.45) is 0 Å². The zero-order valence-corrected chi connectivity index (χ0v) is 14.9. The predicted octanol–water partition coefficient (Wildman–Crippen LogP) is 2.99. The maximum atomic E-state index is 12.9. The van der Waals surface area contributed by atoms with Crippen LogP contribution in [0.15, 0.2) is 24.9 Å². The molecule has 29 heavy (non-hydrogen) atoms. The number of nitrogens with zero attached hydrogens (tertiary/aromatic N) is 6. The molecular weight excluding hydrogens is 389 g/mol. The first-order valence-corrected chi connectivity index (χ1v) is 8.96. The van der Waals surface area contributed by atoms with Crippen molar-refractivity contribution in [2.45, 2.75) is 38.1 Å². The minimum absolute atomic E-state index is 0.158. The Balaban J connectivity index is 1.59. The highest BCUT2D eigenvalue weighted by atomic mass is 19.4. The molecule has 4 aromatic heterocycles. The van der Waals surface area contributed by atoms with Crippen molar-refractivity contribution in [1.82, 2.24) is 39.5 Å². The third-order valence-corrected chi connectivity index (χ3v) is 4.79. The van der Waals surface area contributed by atoms with Crippen molar-refractivity contribution in [3.8, 4) is 22.9 Å². The zero-order valence-electron chi connectivity index (χ0n) is 14.9. The van der Waals surface area contributed by atoms with Gasteiger partial charge in [-0.05, 0) is 19.3 Å². The number of aromatic amines is 2. The number of fused-ring (bicyclic) bond motifs is 1. The maximum Gasteiger partial charge on any atom is 0.451 e. The number of hydrogen-bond donors (Lipinski definition) is 2. The van der Waals surface area contributed by atoms with Crippen LogP contribution in [0.1, 0.15) is 30.7 Å². The van der Waals surface area contributed by atoms with E-state index in [0.29, 0.717) is 23.8 Å². The van der Waals surface area contributed by atoms with Gasteiger partial charge in [-0.3, -0.25) is 9.50 Å². The van der Waals surface area contributed by atoms with Gasteiger partial charge in [0.2, 0.25) is 17.4 Å². The number of halogens is 3. The summed E-state index contributed by atoms with van der Waals surface area (Å²) in [5.74, 6) is -1.07. The number of hydrogen-bond acceptors (Lipinski definition) is 6. The number of rotatable bonds is 5. The van der Waals surface area contributed by atoms with E-state index in [1.165, 1.54) is 12.7 Å².